The second-order valence-corrected chi connectivity index (χ2v) is 6.76. The Bertz CT molecular complexity index is 642. The van der Waals surface area contributed by atoms with Gasteiger partial charge in [0.25, 0.3) is 5.19 Å². The van der Waals surface area contributed by atoms with Gasteiger partial charge in [-0.25, -0.2) is 0 Å². The van der Waals surface area contributed by atoms with Crippen LogP contribution < -0.4 is 4.74 Å². The van der Waals surface area contributed by atoms with Crippen molar-refractivity contribution in [1.29, 1.82) is 0 Å². The number of ether oxygens (including phenoxy) is 2. The molecule has 0 radical (unpaired) electrons. The largest absolute Gasteiger partial charge is 0.469 e. The van der Waals surface area contributed by atoms with Crippen LogP contribution in [-0.2, 0) is 17.8 Å². The number of aromatic nitrogens is 4. The second-order valence-electron chi connectivity index (χ2n) is 5.73. The van der Waals surface area contributed by atoms with Gasteiger partial charge in [0.2, 0.25) is 0 Å². The fourth-order valence-electron chi connectivity index (χ4n) is 2.76. The fraction of sp³-hybridized carbons (Fsp3) is 0.667. The van der Waals surface area contributed by atoms with Gasteiger partial charge in [-0.2, -0.15) is 5.10 Å². The average Bonchev–Trinajstić information content (AvgIpc) is 3.07. The van der Waals surface area contributed by atoms with Crippen LogP contribution in [0.1, 0.15) is 23.3 Å². The van der Waals surface area contributed by atoms with E-state index in [2.05, 4.69) is 33.2 Å². The summed E-state index contributed by atoms with van der Waals surface area (Å²) in [6.07, 6.45) is 0.154. The summed E-state index contributed by atoms with van der Waals surface area (Å²) in [7, 11) is 0. The third-order valence-corrected chi connectivity index (χ3v) is 4.60. The van der Waals surface area contributed by atoms with E-state index in [4.69, 9.17) is 9.47 Å². The highest BCUT2D eigenvalue weighted by molar-refractivity contribution is 7.13. The van der Waals surface area contributed by atoms with Gasteiger partial charge in [-0.05, 0) is 26.8 Å². The molecule has 8 heteroatoms. The molecule has 126 valence electrons. The molecule has 3 rings (SSSR count). The molecule has 1 saturated heterocycles. The first-order valence-electron chi connectivity index (χ1n) is 7.94. The number of hydrogen-bond donors (Lipinski definition) is 0. The van der Waals surface area contributed by atoms with E-state index in [-0.39, 0.29) is 6.10 Å². The van der Waals surface area contributed by atoms with E-state index in [0.717, 1.165) is 43.5 Å². The molecule has 0 saturated carbocycles. The first-order chi connectivity index (χ1) is 11.1. The Balaban J connectivity index is 1.56. The molecule has 0 amide bonds. The molecule has 1 aliphatic rings. The lowest BCUT2D eigenvalue weighted by Gasteiger charge is -2.32. The summed E-state index contributed by atoms with van der Waals surface area (Å²) in [4.78, 5) is 2.36. The first-order valence-corrected chi connectivity index (χ1v) is 8.76. The molecule has 3 heterocycles. The highest BCUT2D eigenvalue weighted by Gasteiger charge is 2.23. The summed E-state index contributed by atoms with van der Waals surface area (Å²) < 4.78 is 13.3. The lowest BCUT2D eigenvalue weighted by atomic mass is 10.2. The average molecular weight is 337 g/mol. The third-order valence-electron chi connectivity index (χ3n) is 3.78. The summed E-state index contributed by atoms with van der Waals surface area (Å²) in [5.41, 5.74) is 2.22. The van der Waals surface area contributed by atoms with Crippen molar-refractivity contribution in [3.05, 3.63) is 22.5 Å². The van der Waals surface area contributed by atoms with Crippen molar-refractivity contribution in [3.8, 4) is 5.19 Å². The molecule has 1 aliphatic heterocycles. The van der Waals surface area contributed by atoms with E-state index in [1.807, 2.05) is 18.5 Å². The van der Waals surface area contributed by atoms with Gasteiger partial charge < -0.3 is 9.47 Å². The molecule has 0 aromatic carbocycles. The van der Waals surface area contributed by atoms with Crippen LogP contribution >= 0.6 is 11.3 Å². The molecule has 1 fully saturated rings. The molecule has 23 heavy (non-hydrogen) atoms. The molecule has 7 nitrogen and oxygen atoms in total. The predicted octanol–water partition coefficient (Wildman–Crippen LogP) is 1.65. The second kappa shape index (κ2) is 7.37. The van der Waals surface area contributed by atoms with Gasteiger partial charge in [-0.3, -0.25) is 9.58 Å². The highest BCUT2D eigenvalue weighted by atomic mass is 32.1. The van der Waals surface area contributed by atoms with Gasteiger partial charge >= 0.3 is 0 Å². The lowest BCUT2D eigenvalue weighted by Crippen LogP contribution is -2.43. The quantitative estimate of drug-likeness (QED) is 0.799. The van der Waals surface area contributed by atoms with Gasteiger partial charge in [0, 0.05) is 18.8 Å². The van der Waals surface area contributed by atoms with Crippen LogP contribution in [0.2, 0.25) is 0 Å². The van der Waals surface area contributed by atoms with Crippen molar-refractivity contribution >= 4 is 11.3 Å². The van der Waals surface area contributed by atoms with E-state index in [1.165, 1.54) is 17.0 Å². The molecule has 0 bridgehead atoms. The zero-order valence-electron chi connectivity index (χ0n) is 13.9. The summed E-state index contributed by atoms with van der Waals surface area (Å²) in [6.45, 7) is 10.8. The predicted molar refractivity (Wildman–Crippen MR) is 87.8 cm³/mol. The van der Waals surface area contributed by atoms with E-state index in [1.54, 1.807) is 0 Å². The smallest absolute Gasteiger partial charge is 0.294 e. The molecular weight excluding hydrogens is 314 g/mol. The van der Waals surface area contributed by atoms with Crippen LogP contribution in [0.3, 0.4) is 0 Å². The Hall–Kier alpha value is -1.51. The van der Waals surface area contributed by atoms with Crippen LogP contribution in [0.15, 0.2) is 6.07 Å². The SMILES string of the molecule is CCOc1nnc(CN2CCO[C@@H](Cn3nc(C)cc3C)C2)s1. The maximum Gasteiger partial charge on any atom is 0.294 e. The van der Waals surface area contributed by atoms with Crippen molar-refractivity contribution in [2.75, 3.05) is 26.3 Å². The van der Waals surface area contributed by atoms with Crippen molar-refractivity contribution < 1.29 is 9.47 Å². The Morgan fingerprint density at radius 1 is 1.39 bits per heavy atom. The van der Waals surface area contributed by atoms with Gasteiger partial charge in [-0.1, -0.05) is 11.3 Å². The van der Waals surface area contributed by atoms with Crippen LogP contribution in [0.25, 0.3) is 0 Å². The summed E-state index contributed by atoms with van der Waals surface area (Å²) in [6, 6.07) is 2.09. The van der Waals surface area contributed by atoms with Crippen LogP contribution in [0.5, 0.6) is 5.19 Å². The monoisotopic (exact) mass is 337 g/mol. The summed E-state index contributed by atoms with van der Waals surface area (Å²) in [5.74, 6) is 0. The van der Waals surface area contributed by atoms with Crippen molar-refractivity contribution in [2.24, 2.45) is 0 Å². The summed E-state index contributed by atoms with van der Waals surface area (Å²) >= 11 is 1.52. The lowest BCUT2D eigenvalue weighted by molar-refractivity contribution is -0.0405. The zero-order valence-corrected chi connectivity index (χ0v) is 14.7. The minimum atomic E-state index is 0.154. The molecule has 0 N–H and O–H groups in total. The van der Waals surface area contributed by atoms with Crippen LogP contribution in [0, 0.1) is 13.8 Å². The van der Waals surface area contributed by atoms with Crippen molar-refractivity contribution in [2.45, 2.75) is 40.0 Å². The van der Waals surface area contributed by atoms with Gasteiger partial charge in [0.05, 0.1) is 38.1 Å². The Labute approximate surface area is 140 Å². The van der Waals surface area contributed by atoms with Crippen LogP contribution in [-0.4, -0.2) is 57.3 Å². The first kappa shape index (κ1) is 16.4. The van der Waals surface area contributed by atoms with Gasteiger partial charge in [0.1, 0.15) is 5.01 Å². The fourth-order valence-corrected chi connectivity index (χ4v) is 3.55. The maximum atomic E-state index is 5.90. The molecule has 1 atom stereocenters. The maximum absolute atomic E-state index is 5.90. The van der Waals surface area contributed by atoms with E-state index < -0.39 is 0 Å². The summed E-state index contributed by atoms with van der Waals surface area (Å²) in [5, 5.41) is 14.4. The molecule has 2 aromatic rings. The number of hydrogen-bond acceptors (Lipinski definition) is 7. The van der Waals surface area contributed by atoms with Crippen molar-refractivity contribution in [1.82, 2.24) is 24.9 Å². The minimum absolute atomic E-state index is 0.154. The van der Waals surface area contributed by atoms with E-state index in [0.29, 0.717) is 11.8 Å². The number of nitrogens with zero attached hydrogens (tertiary/aromatic N) is 5. The third kappa shape index (κ3) is 4.27. The zero-order chi connectivity index (χ0) is 16.2. The minimum Gasteiger partial charge on any atom is -0.469 e. The van der Waals surface area contributed by atoms with Gasteiger partial charge in [0.15, 0.2) is 0 Å². The number of rotatable bonds is 6. The Morgan fingerprint density at radius 3 is 3.00 bits per heavy atom. The van der Waals surface area contributed by atoms with E-state index in [9.17, 15) is 0 Å². The molecule has 2 aromatic heterocycles. The molecule has 0 spiro atoms. The topological polar surface area (TPSA) is 65.3 Å². The van der Waals surface area contributed by atoms with Crippen molar-refractivity contribution in [3.63, 3.8) is 0 Å². The molecule has 0 unspecified atom stereocenters. The van der Waals surface area contributed by atoms with E-state index >= 15 is 0 Å². The molecule has 0 aliphatic carbocycles. The van der Waals surface area contributed by atoms with Gasteiger partial charge in [-0.15, -0.1) is 10.2 Å². The number of aryl methyl sites for hydroxylation is 2. The Kier molecular flexibility index (Phi) is 5.24. The molecular formula is C15H23N5O2S. The standard InChI is InChI=1S/C15H23N5O2S/c1-4-21-15-17-16-14(23-15)10-19-5-6-22-13(8-19)9-20-12(3)7-11(2)18-20/h7,13H,4-6,8-10H2,1-3H3/t13-/m1/s1. The highest BCUT2D eigenvalue weighted by Crippen LogP contribution is 2.20. The Morgan fingerprint density at radius 2 is 2.26 bits per heavy atom. The normalized spacial score (nSPS) is 19.2. The van der Waals surface area contributed by atoms with Crippen LogP contribution in [0.4, 0.5) is 0 Å². The number of morpholine rings is 1.